The summed E-state index contributed by atoms with van der Waals surface area (Å²) in [4.78, 5) is 47.9. The normalized spacial score (nSPS) is 14.4. The molecule has 0 atom stereocenters. The average molecular weight is 474 g/mol. The van der Waals surface area contributed by atoms with Crippen LogP contribution < -0.4 is 16.3 Å². The second kappa shape index (κ2) is 8.86. The van der Waals surface area contributed by atoms with Gasteiger partial charge in [0.2, 0.25) is 5.91 Å². The molecule has 3 amide bonds. The first-order valence-electron chi connectivity index (χ1n) is 11.6. The minimum absolute atomic E-state index is 0.0204. The number of aromatic nitrogens is 4. The molecule has 1 aliphatic rings. The Kier molecular flexibility index (Phi) is 5.72. The third-order valence-electron chi connectivity index (χ3n) is 6.70. The van der Waals surface area contributed by atoms with Crippen molar-refractivity contribution in [1.29, 1.82) is 0 Å². The van der Waals surface area contributed by atoms with Gasteiger partial charge in [0.05, 0.1) is 28.4 Å². The van der Waals surface area contributed by atoms with E-state index >= 15 is 0 Å². The summed E-state index contributed by atoms with van der Waals surface area (Å²) in [6.07, 6.45) is 3.14. The number of aryl methyl sites for hydroxylation is 1. The van der Waals surface area contributed by atoms with Crippen LogP contribution in [0.25, 0.3) is 33.3 Å². The Bertz CT molecular complexity index is 1500. The molecule has 10 heteroatoms. The highest BCUT2D eigenvalue weighted by atomic mass is 16.2. The van der Waals surface area contributed by atoms with Crippen LogP contribution in [0.5, 0.6) is 0 Å². The largest absolute Gasteiger partial charge is 0.343 e. The monoisotopic (exact) mass is 473 g/mol. The number of carbonyl (C=O) groups excluding carboxylic acids is 2. The summed E-state index contributed by atoms with van der Waals surface area (Å²) in [5.74, 6) is 0.0613. The van der Waals surface area contributed by atoms with Crippen LogP contribution in [-0.2, 0) is 11.8 Å². The van der Waals surface area contributed by atoms with Gasteiger partial charge in [0, 0.05) is 51.4 Å². The lowest BCUT2D eigenvalue weighted by atomic mass is 10.0. The first kappa shape index (κ1) is 22.6. The molecule has 0 unspecified atom stereocenters. The van der Waals surface area contributed by atoms with Gasteiger partial charge in [0.15, 0.2) is 0 Å². The van der Waals surface area contributed by atoms with Gasteiger partial charge in [-0.2, -0.15) is 0 Å². The maximum Gasteiger partial charge on any atom is 0.329 e. The van der Waals surface area contributed by atoms with Crippen molar-refractivity contribution in [1.82, 2.24) is 29.3 Å². The predicted molar refractivity (Wildman–Crippen MR) is 134 cm³/mol. The van der Waals surface area contributed by atoms with Gasteiger partial charge in [-0.3, -0.25) is 18.9 Å². The molecule has 0 saturated carbocycles. The van der Waals surface area contributed by atoms with Crippen LogP contribution in [-0.4, -0.2) is 56.1 Å². The lowest BCUT2D eigenvalue weighted by molar-refractivity contribution is -0.130. The summed E-state index contributed by atoms with van der Waals surface area (Å²) in [5, 5.41) is 5.27. The minimum atomic E-state index is -0.286. The van der Waals surface area contributed by atoms with Gasteiger partial charge >= 0.3 is 11.7 Å². The average Bonchev–Trinajstić information content (AvgIpc) is 3.14. The van der Waals surface area contributed by atoms with E-state index < -0.39 is 0 Å². The lowest BCUT2D eigenvalue weighted by Crippen LogP contribution is -2.39. The van der Waals surface area contributed by atoms with Crippen molar-refractivity contribution in [2.24, 2.45) is 7.05 Å². The molecule has 2 N–H and O–H groups in total. The molecular weight excluding hydrogens is 446 g/mol. The number of rotatable bonds is 3. The zero-order chi connectivity index (χ0) is 24.7. The van der Waals surface area contributed by atoms with E-state index in [0.717, 1.165) is 22.3 Å². The van der Waals surface area contributed by atoms with Crippen molar-refractivity contribution in [3.63, 3.8) is 0 Å². The van der Waals surface area contributed by atoms with Crippen LogP contribution in [0.4, 0.5) is 10.5 Å². The number of carbonyl (C=O) groups is 2. The van der Waals surface area contributed by atoms with E-state index in [4.69, 9.17) is 4.98 Å². The van der Waals surface area contributed by atoms with E-state index in [2.05, 4.69) is 15.6 Å². The molecule has 0 spiro atoms. The Morgan fingerprint density at radius 3 is 2.43 bits per heavy atom. The number of fused-ring (bicyclic) bond motifs is 3. The summed E-state index contributed by atoms with van der Waals surface area (Å²) >= 11 is 0. The van der Waals surface area contributed by atoms with Gasteiger partial charge < -0.3 is 15.5 Å². The molecule has 1 aliphatic heterocycles. The van der Waals surface area contributed by atoms with Gasteiger partial charge in [-0.25, -0.2) is 14.6 Å². The highest BCUT2D eigenvalue weighted by molar-refractivity contribution is 6.00. The number of piperidine rings is 1. The van der Waals surface area contributed by atoms with Crippen molar-refractivity contribution < 1.29 is 9.59 Å². The van der Waals surface area contributed by atoms with E-state index in [1.54, 1.807) is 31.8 Å². The zero-order valence-electron chi connectivity index (χ0n) is 19.9. The summed E-state index contributed by atoms with van der Waals surface area (Å²) in [5.41, 5.74) is 5.06. The van der Waals surface area contributed by atoms with Crippen LogP contribution in [0.2, 0.25) is 0 Å². The molecule has 35 heavy (non-hydrogen) atoms. The van der Waals surface area contributed by atoms with Crippen molar-refractivity contribution in [2.45, 2.75) is 25.8 Å². The van der Waals surface area contributed by atoms with E-state index in [-0.39, 0.29) is 23.7 Å². The van der Waals surface area contributed by atoms with Crippen LogP contribution >= 0.6 is 0 Å². The van der Waals surface area contributed by atoms with Crippen molar-refractivity contribution in [2.75, 3.05) is 25.5 Å². The number of hydrogen-bond donors (Lipinski definition) is 2. The third kappa shape index (κ3) is 4.01. The maximum atomic E-state index is 13.3. The summed E-state index contributed by atoms with van der Waals surface area (Å²) in [6, 6.07) is 10.9. The fourth-order valence-corrected chi connectivity index (χ4v) is 4.74. The van der Waals surface area contributed by atoms with E-state index in [1.807, 2.05) is 45.9 Å². The van der Waals surface area contributed by atoms with Gasteiger partial charge in [-0.1, -0.05) is 12.1 Å². The molecule has 0 aliphatic carbocycles. The summed E-state index contributed by atoms with van der Waals surface area (Å²) in [7, 11) is 3.31. The molecule has 5 rings (SSSR count). The number of amides is 3. The number of nitrogens with one attached hydrogen (secondary N) is 2. The maximum absolute atomic E-state index is 13.3. The quantitative estimate of drug-likeness (QED) is 0.475. The van der Waals surface area contributed by atoms with Crippen molar-refractivity contribution in [3.05, 3.63) is 53.1 Å². The molecule has 0 bridgehead atoms. The number of pyridine rings is 2. The number of likely N-dealkylation sites (tertiary alicyclic amines) is 1. The number of urea groups is 1. The zero-order valence-corrected chi connectivity index (χ0v) is 19.9. The van der Waals surface area contributed by atoms with Gasteiger partial charge in [0.1, 0.15) is 5.52 Å². The minimum Gasteiger partial charge on any atom is -0.343 e. The number of nitrogens with zero attached hydrogens (tertiary/aromatic N) is 5. The lowest BCUT2D eigenvalue weighted by Gasteiger charge is -2.31. The summed E-state index contributed by atoms with van der Waals surface area (Å²) < 4.78 is 3.46. The van der Waals surface area contributed by atoms with Crippen LogP contribution in [0.1, 0.15) is 25.8 Å². The van der Waals surface area contributed by atoms with Crippen LogP contribution in [0.3, 0.4) is 0 Å². The molecule has 1 aromatic carbocycles. The second-order valence-electron chi connectivity index (χ2n) is 8.79. The Labute approximate surface area is 201 Å². The van der Waals surface area contributed by atoms with Crippen molar-refractivity contribution in [3.8, 4) is 11.3 Å². The topological polar surface area (TPSA) is 114 Å². The number of hydrogen-bond acceptors (Lipinski definition) is 5. The SMILES string of the molecule is CNC(=O)Nc1ccc(-c2ccc3ncc4c(c3n2)n(C2CCN(C(C)=O)CC2)c(=O)n4C)cc1. The molecule has 0 radical (unpaired) electrons. The van der Waals surface area contributed by atoms with E-state index in [0.29, 0.717) is 42.7 Å². The van der Waals surface area contributed by atoms with Crippen LogP contribution in [0.15, 0.2) is 47.4 Å². The molecule has 1 fully saturated rings. The van der Waals surface area contributed by atoms with Gasteiger partial charge in [0.25, 0.3) is 0 Å². The third-order valence-corrected chi connectivity index (χ3v) is 6.70. The first-order chi connectivity index (χ1) is 16.9. The molecule has 3 aromatic heterocycles. The number of imidazole rings is 1. The van der Waals surface area contributed by atoms with Crippen molar-refractivity contribution >= 4 is 39.7 Å². The molecule has 10 nitrogen and oxygen atoms in total. The molecule has 4 heterocycles. The number of anilines is 1. The Balaban J connectivity index is 1.59. The smallest absolute Gasteiger partial charge is 0.329 e. The molecule has 4 aromatic rings. The standard InChI is InChI=1S/C25H27N7O3/c1-15(33)31-12-10-18(11-13-31)32-23-21(30(3)25(32)35)14-27-20-9-8-19(29-22(20)23)16-4-6-17(7-5-16)28-24(34)26-2/h4-9,14,18H,10-13H2,1-3H3,(H2,26,28,34). The highest BCUT2D eigenvalue weighted by Crippen LogP contribution is 2.30. The Morgan fingerprint density at radius 2 is 1.77 bits per heavy atom. The first-order valence-corrected chi connectivity index (χ1v) is 11.6. The van der Waals surface area contributed by atoms with Crippen LogP contribution in [0, 0.1) is 0 Å². The highest BCUT2D eigenvalue weighted by Gasteiger charge is 2.27. The van der Waals surface area contributed by atoms with Gasteiger partial charge in [-0.05, 0) is 37.1 Å². The fraction of sp³-hybridized carbons (Fsp3) is 0.320. The Morgan fingerprint density at radius 1 is 1.06 bits per heavy atom. The Hall–Kier alpha value is -4.21. The molecular formula is C25H27N7O3. The fourth-order valence-electron chi connectivity index (χ4n) is 4.74. The second-order valence-corrected chi connectivity index (χ2v) is 8.79. The molecule has 180 valence electrons. The number of benzene rings is 1. The van der Waals surface area contributed by atoms with E-state index in [1.165, 1.54) is 0 Å². The predicted octanol–water partition coefficient (Wildman–Crippen LogP) is 2.88. The summed E-state index contributed by atoms with van der Waals surface area (Å²) in [6.45, 7) is 2.83. The van der Waals surface area contributed by atoms with E-state index in [9.17, 15) is 14.4 Å². The molecule has 1 saturated heterocycles. The van der Waals surface area contributed by atoms with Gasteiger partial charge in [-0.15, -0.1) is 0 Å².